The lowest BCUT2D eigenvalue weighted by Gasteiger charge is -2.14. The average Bonchev–Trinajstić information content (AvgIpc) is 2.55. The zero-order valence-corrected chi connectivity index (χ0v) is 15.7. The molecule has 25 heavy (non-hydrogen) atoms. The van der Waals surface area contributed by atoms with E-state index >= 15 is 0 Å². The summed E-state index contributed by atoms with van der Waals surface area (Å²) in [6.07, 6.45) is 0. The second-order valence-electron chi connectivity index (χ2n) is 5.63. The van der Waals surface area contributed by atoms with E-state index in [1.807, 2.05) is 26.8 Å². The highest BCUT2D eigenvalue weighted by molar-refractivity contribution is 6.36. The van der Waals surface area contributed by atoms with E-state index in [4.69, 9.17) is 23.2 Å². The van der Waals surface area contributed by atoms with Crippen molar-refractivity contribution in [1.82, 2.24) is 14.5 Å². The highest BCUT2D eigenvalue weighted by Gasteiger charge is 2.16. The molecule has 5 nitrogen and oxygen atoms in total. The number of anilines is 1. The smallest absolute Gasteiger partial charge is 0.260 e. The molecular weight excluding hydrogens is 359 g/mol. The Labute approximate surface area is 155 Å². The van der Waals surface area contributed by atoms with Crippen molar-refractivity contribution in [3.63, 3.8) is 0 Å². The molecule has 0 bridgehead atoms. The molecule has 3 aromatic rings. The van der Waals surface area contributed by atoms with E-state index in [1.54, 1.807) is 22.8 Å². The van der Waals surface area contributed by atoms with Gasteiger partial charge in [-0.15, -0.1) is 0 Å². The van der Waals surface area contributed by atoms with Crippen molar-refractivity contribution in [2.45, 2.75) is 27.3 Å². The van der Waals surface area contributed by atoms with Crippen LogP contribution < -0.4 is 10.9 Å². The molecule has 1 N–H and O–H groups in total. The minimum Gasteiger partial charge on any atom is -0.354 e. The van der Waals surface area contributed by atoms with Gasteiger partial charge in [0.1, 0.15) is 5.65 Å². The summed E-state index contributed by atoms with van der Waals surface area (Å²) < 4.78 is 1.64. The Morgan fingerprint density at radius 2 is 1.88 bits per heavy atom. The third-order valence-electron chi connectivity index (χ3n) is 4.01. The number of aromatic nitrogens is 3. The first-order valence-electron chi connectivity index (χ1n) is 8.07. The van der Waals surface area contributed by atoms with Crippen LogP contribution >= 0.6 is 23.2 Å². The zero-order chi connectivity index (χ0) is 18.1. The molecule has 0 spiro atoms. The maximum atomic E-state index is 13.0. The predicted octanol–water partition coefficient (Wildman–Crippen LogP) is 4.53. The molecule has 0 fully saturated rings. The molecule has 2 heterocycles. The number of benzene rings is 1. The molecule has 0 saturated carbocycles. The Kier molecular flexibility index (Phi) is 4.97. The van der Waals surface area contributed by atoms with E-state index in [0.717, 1.165) is 11.1 Å². The van der Waals surface area contributed by atoms with E-state index in [0.29, 0.717) is 45.9 Å². The minimum atomic E-state index is -0.139. The van der Waals surface area contributed by atoms with Gasteiger partial charge < -0.3 is 5.32 Å². The van der Waals surface area contributed by atoms with E-state index in [9.17, 15) is 4.79 Å². The van der Waals surface area contributed by atoms with Gasteiger partial charge in [-0.3, -0.25) is 9.36 Å². The fourth-order valence-corrected chi connectivity index (χ4v) is 3.33. The summed E-state index contributed by atoms with van der Waals surface area (Å²) in [7, 11) is 0. The Morgan fingerprint density at radius 3 is 2.52 bits per heavy atom. The lowest BCUT2D eigenvalue weighted by molar-refractivity contribution is 0.749. The van der Waals surface area contributed by atoms with Gasteiger partial charge in [-0.2, -0.15) is 4.98 Å². The van der Waals surface area contributed by atoms with Gasteiger partial charge in [-0.1, -0.05) is 29.3 Å². The van der Waals surface area contributed by atoms with Crippen LogP contribution in [0.15, 0.2) is 29.1 Å². The number of hydrogen-bond acceptors (Lipinski definition) is 4. The van der Waals surface area contributed by atoms with Crippen LogP contribution in [0.3, 0.4) is 0 Å². The summed E-state index contributed by atoms with van der Waals surface area (Å²) >= 11 is 12.3. The Morgan fingerprint density at radius 1 is 1.12 bits per heavy atom. The van der Waals surface area contributed by atoms with E-state index in [1.165, 1.54) is 0 Å². The number of pyridine rings is 1. The molecule has 2 aromatic heterocycles. The van der Waals surface area contributed by atoms with E-state index in [-0.39, 0.29) is 5.56 Å². The first-order valence-corrected chi connectivity index (χ1v) is 8.83. The lowest BCUT2D eigenvalue weighted by atomic mass is 10.1. The van der Waals surface area contributed by atoms with Crippen molar-refractivity contribution in [3.8, 4) is 11.1 Å². The van der Waals surface area contributed by atoms with Gasteiger partial charge in [-0.25, -0.2) is 4.98 Å². The van der Waals surface area contributed by atoms with Crippen LogP contribution in [0.4, 0.5) is 5.95 Å². The molecule has 0 aliphatic carbocycles. The Balaban J connectivity index is 2.36. The number of halogens is 2. The topological polar surface area (TPSA) is 59.8 Å². The number of fused-ring (bicyclic) bond motifs is 1. The van der Waals surface area contributed by atoms with Crippen LogP contribution in [0.5, 0.6) is 0 Å². The first-order chi connectivity index (χ1) is 12.0. The molecular formula is C18H18Cl2N4O. The molecule has 0 amide bonds. The lowest BCUT2D eigenvalue weighted by Crippen LogP contribution is -2.23. The molecule has 3 rings (SSSR count). The van der Waals surface area contributed by atoms with Crippen molar-refractivity contribution in [2.24, 2.45) is 0 Å². The summed E-state index contributed by atoms with van der Waals surface area (Å²) in [5.41, 5.74) is 2.44. The maximum absolute atomic E-state index is 13.0. The quantitative estimate of drug-likeness (QED) is 0.726. The number of nitrogens with one attached hydrogen (secondary N) is 1. The summed E-state index contributed by atoms with van der Waals surface area (Å²) in [5.74, 6) is 0.520. The summed E-state index contributed by atoms with van der Waals surface area (Å²) in [6, 6.07) is 6.93. The first kappa shape index (κ1) is 17.7. The van der Waals surface area contributed by atoms with Crippen LogP contribution in [0.2, 0.25) is 10.0 Å². The van der Waals surface area contributed by atoms with Gasteiger partial charge in [-0.05, 0) is 39.0 Å². The molecule has 0 unspecified atom stereocenters. The predicted molar refractivity (Wildman–Crippen MR) is 104 cm³/mol. The van der Waals surface area contributed by atoms with Crippen LogP contribution in [0, 0.1) is 6.92 Å². The third-order valence-corrected chi connectivity index (χ3v) is 4.56. The van der Waals surface area contributed by atoms with Gasteiger partial charge in [0.25, 0.3) is 5.56 Å². The van der Waals surface area contributed by atoms with Crippen molar-refractivity contribution in [1.29, 1.82) is 0 Å². The van der Waals surface area contributed by atoms with Crippen LogP contribution in [-0.2, 0) is 6.54 Å². The van der Waals surface area contributed by atoms with Gasteiger partial charge in [0.15, 0.2) is 0 Å². The summed E-state index contributed by atoms with van der Waals surface area (Å²) in [6.45, 7) is 7.00. The van der Waals surface area contributed by atoms with Gasteiger partial charge in [0.2, 0.25) is 5.95 Å². The standard InChI is InChI=1S/C18H18Cl2N4O/c1-4-21-18-22-10(3)13-9-14(12-7-6-11(19)8-15(12)20)17(25)24(5-2)16(13)23-18/h6-9H,4-5H2,1-3H3,(H,21,22,23). The van der Waals surface area contributed by atoms with Gasteiger partial charge in [0.05, 0.1) is 10.7 Å². The molecule has 1 aromatic carbocycles. The van der Waals surface area contributed by atoms with Crippen molar-refractivity contribution in [2.75, 3.05) is 11.9 Å². The van der Waals surface area contributed by atoms with Crippen LogP contribution in [0.25, 0.3) is 22.2 Å². The number of aryl methyl sites for hydroxylation is 2. The molecule has 0 aliphatic heterocycles. The van der Waals surface area contributed by atoms with Crippen molar-refractivity contribution < 1.29 is 0 Å². The largest absolute Gasteiger partial charge is 0.354 e. The van der Waals surface area contributed by atoms with Crippen molar-refractivity contribution >= 4 is 40.2 Å². The summed E-state index contributed by atoms with van der Waals surface area (Å²) in [4.78, 5) is 22.0. The van der Waals surface area contributed by atoms with E-state index in [2.05, 4.69) is 15.3 Å². The zero-order valence-electron chi connectivity index (χ0n) is 14.2. The SMILES string of the molecule is CCNc1nc(C)c2cc(-c3ccc(Cl)cc3Cl)c(=O)n(CC)c2n1. The molecule has 0 aliphatic rings. The molecule has 130 valence electrons. The highest BCUT2D eigenvalue weighted by Crippen LogP contribution is 2.30. The second-order valence-corrected chi connectivity index (χ2v) is 6.48. The van der Waals surface area contributed by atoms with E-state index < -0.39 is 0 Å². The van der Waals surface area contributed by atoms with Gasteiger partial charge in [0, 0.05) is 34.6 Å². The number of nitrogens with zero attached hydrogens (tertiary/aromatic N) is 3. The number of rotatable bonds is 4. The number of hydrogen-bond donors (Lipinski definition) is 1. The fraction of sp³-hybridized carbons (Fsp3) is 0.278. The maximum Gasteiger partial charge on any atom is 0.260 e. The third kappa shape index (κ3) is 3.22. The molecule has 0 radical (unpaired) electrons. The monoisotopic (exact) mass is 376 g/mol. The van der Waals surface area contributed by atoms with Crippen LogP contribution in [0.1, 0.15) is 19.5 Å². The normalized spacial score (nSPS) is 11.1. The minimum absolute atomic E-state index is 0.139. The second kappa shape index (κ2) is 7.02. The average molecular weight is 377 g/mol. The summed E-state index contributed by atoms with van der Waals surface area (Å²) in [5, 5.41) is 4.89. The Hall–Kier alpha value is -2.11. The molecule has 0 atom stereocenters. The molecule has 0 saturated heterocycles. The molecule has 7 heteroatoms. The van der Waals surface area contributed by atoms with Gasteiger partial charge >= 0.3 is 0 Å². The fourth-order valence-electron chi connectivity index (χ4n) is 2.82. The highest BCUT2D eigenvalue weighted by atomic mass is 35.5. The van der Waals surface area contributed by atoms with Crippen LogP contribution in [-0.4, -0.2) is 21.1 Å². The Bertz CT molecular complexity index is 1010. The van der Waals surface area contributed by atoms with Crippen molar-refractivity contribution in [3.05, 3.63) is 50.4 Å².